The predicted octanol–water partition coefficient (Wildman–Crippen LogP) is 1.05. The molecule has 0 heterocycles. The molecule has 0 unspecified atom stereocenters. The van der Waals surface area contributed by atoms with E-state index in [1.54, 1.807) is 0 Å². The summed E-state index contributed by atoms with van der Waals surface area (Å²) >= 11 is 0. The lowest BCUT2D eigenvalue weighted by Gasteiger charge is -2.35. The first kappa shape index (κ1) is 7.92. The minimum atomic E-state index is -2.35. The van der Waals surface area contributed by atoms with Crippen molar-refractivity contribution in [2.75, 3.05) is 0 Å². The van der Waals surface area contributed by atoms with Gasteiger partial charge in [-0.15, -0.1) is 0 Å². The normalized spacial score (nSPS) is 27.6. The van der Waals surface area contributed by atoms with Gasteiger partial charge in [0.2, 0.25) is 5.92 Å². The monoisotopic (exact) mass is 150 g/mol. The highest BCUT2D eigenvalue weighted by molar-refractivity contribution is 4.86. The predicted molar refractivity (Wildman–Crippen MR) is 34.6 cm³/mol. The molecule has 1 saturated carbocycles. The molecular weight excluding hydrogens is 136 g/mol. The Bertz CT molecular complexity index is 112. The molecule has 1 nitrogen and oxygen atoms in total. The van der Waals surface area contributed by atoms with E-state index in [1.807, 2.05) is 6.92 Å². The van der Waals surface area contributed by atoms with E-state index in [4.69, 9.17) is 0 Å². The molecule has 0 radical (unpaired) electrons. The fourth-order valence-corrected chi connectivity index (χ4v) is 1.52. The summed E-state index contributed by atoms with van der Waals surface area (Å²) < 4.78 is 24.4. The highest BCUT2D eigenvalue weighted by Crippen LogP contribution is 2.44. The maximum Gasteiger partial charge on any atom is 0.248 e. The van der Waals surface area contributed by atoms with Crippen LogP contribution in [-0.2, 0) is 0 Å². The average molecular weight is 150 g/mol. The minimum absolute atomic E-state index is 0.0901. The molecule has 1 fully saturated rings. The van der Waals surface area contributed by atoms with Crippen molar-refractivity contribution in [1.82, 2.24) is 0 Å². The second-order valence-corrected chi connectivity index (χ2v) is 3.47. The van der Waals surface area contributed by atoms with E-state index in [1.165, 1.54) is 0 Å². The van der Waals surface area contributed by atoms with Gasteiger partial charge in [-0.25, -0.2) is 8.78 Å². The highest BCUT2D eigenvalue weighted by Gasteiger charge is 2.45. The molecule has 1 aliphatic rings. The Labute approximate surface area is 59.6 Å². The first-order valence-electron chi connectivity index (χ1n) is 3.70. The van der Waals surface area contributed by atoms with Crippen molar-refractivity contribution in [3.05, 3.63) is 0 Å². The van der Waals surface area contributed by atoms with Crippen molar-refractivity contribution in [3.8, 4) is 0 Å². The standard InChI is InChI=1S/C7H13F2N/c1-5(10)2-6-3-7(8,9)4-6/h5-6H,2-4,10H2,1H3/p+1/t5-/m0/s1. The molecule has 3 N–H and O–H groups in total. The summed E-state index contributed by atoms with van der Waals surface area (Å²) in [5.74, 6) is -2.11. The molecule has 3 heteroatoms. The number of halogens is 2. The lowest BCUT2D eigenvalue weighted by molar-refractivity contribution is -0.419. The second-order valence-electron chi connectivity index (χ2n) is 3.47. The topological polar surface area (TPSA) is 27.6 Å². The third kappa shape index (κ3) is 1.90. The number of rotatable bonds is 2. The third-order valence-corrected chi connectivity index (χ3v) is 1.91. The fraction of sp³-hybridized carbons (Fsp3) is 1.00. The van der Waals surface area contributed by atoms with Crippen LogP contribution in [0.4, 0.5) is 8.78 Å². The summed E-state index contributed by atoms with van der Waals surface area (Å²) in [6.45, 7) is 1.97. The van der Waals surface area contributed by atoms with Gasteiger partial charge >= 0.3 is 0 Å². The van der Waals surface area contributed by atoms with Gasteiger partial charge in [-0.2, -0.15) is 0 Å². The van der Waals surface area contributed by atoms with Gasteiger partial charge in [0, 0.05) is 19.3 Å². The molecule has 10 heavy (non-hydrogen) atoms. The largest absolute Gasteiger partial charge is 0.355 e. The van der Waals surface area contributed by atoms with Gasteiger partial charge in [0.15, 0.2) is 0 Å². The van der Waals surface area contributed by atoms with Crippen LogP contribution in [-0.4, -0.2) is 12.0 Å². The molecule has 0 aliphatic heterocycles. The second kappa shape index (κ2) is 2.46. The first-order chi connectivity index (χ1) is 4.49. The van der Waals surface area contributed by atoms with Crippen molar-refractivity contribution >= 4 is 0 Å². The van der Waals surface area contributed by atoms with Crippen LogP contribution >= 0.6 is 0 Å². The van der Waals surface area contributed by atoms with Crippen molar-refractivity contribution in [1.29, 1.82) is 0 Å². The van der Waals surface area contributed by atoms with Crippen LogP contribution in [0.1, 0.15) is 26.2 Å². The number of quaternary nitrogens is 1. The zero-order valence-electron chi connectivity index (χ0n) is 6.24. The Morgan fingerprint density at radius 2 is 2.10 bits per heavy atom. The lowest BCUT2D eigenvalue weighted by Crippen LogP contribution is -2.60. The van der Waals surface area contributed by atoms with E-state index in [2.05, 4.69) is 5.73 Å². The molecule has 1 rings (SSSR count). The Morgan fingerprint density at radius 3 is 2.40 bits per heavy atom. The average Bonchev–Trinajstić information content (AvgIpc) is 1.57. The maximum atomic E-state index is 12.2. The Morgan fingerprint density at radius 1 is 1.60 bits per heavy atom. The molecule has 1 aliphatic carbocycles. The van der Waals surface area contributed by atoms with E-state index in [0.29, 0.717) is 6.04 Å². The molecule has 0 spiro atoms. The Hall–Kier alpha value is -0.180. The highest BCUT2D eigenvalue weighted by atomic mass is 19.3. The zero-order chi connectivity index (χ0) is 7.78. The summed E-state index contributed by atoms with van der Waals surface area (Å²) in [4.78, 5) is 0. The van der Waals surface area contributed by atoms with Crippen LogP contribution in [0.25, 0.3) is 0 Å². The van der Waals surface area contributed by atoms with E-state index in [9.17, 15) is 8.78 Å². The van der Waals surface area contributed by atoms with Gasteiger partial charge in [0.05, 0.1) is 6.04 Å². The van der Waals surface area contributed by atoms with Crippen LogP contribution in [0.15, 0.2) is 0 Å². The van der Waals surface area contributed by atoms with Crippen molar-refractivity contribution < 1.29 is 14.5 Å². The molecular formula is C7H14F2N+. The zero-order valence-corrected chi connectivity index (χ0v) is 6.24. The molecule has 0 aromatic rings. The number of alkyl halides is 2. The van der Waals surface area contributed by atoms with Crippen LogP contribution in [0.5, 0.6) is 0 Å². The Balaban J connectivity index is 2.15. The van der Waals surface area contributed by atoms with E-state index in [-0.39, 0.29) is 18.8 Å². The van der Waals surface area contributed by atoms with Crippen LogP contribution in [0, 0.1) is 5.92 Å². The molecule has 0 saturated heterocycles. The molecule has 1 atom stereocenters. The number of hydrogen-bond acceptors (Lipinski definition) is 0. The van der Waals surface area contributed by atoms with Gasteiger partial charge in [0.25, 0.3) is 0 Å². The van der Waals surface area contributed by atoms with E-state index < -0.39 is 5.92 Å². The molecule has 60 valence electrons. The molecule has 0 aromatic heterocycles. The van der Waals surface area contributed by atoms with Gasteiger partial charge < -0.3 is 5.73 Å². The van der Waals surface area contributed by atoms with Gasteiger partial charge in [-0.1, -0.05) is 0 Å². The smallest absolute Gasteiger partial charge is 0.248 e. The number of hydrogen-bond donors (Lipinski definition) is 1. The van der Waals surface area contributed by atoms with Gasteiger partial charge in [-0.3, -0.25) is 0 Å². The van der Waals surface area contributed by atoms with Crippen molar-refractivity contribution in [3.63, 3.8) is 0 Å². The first-order valence-corrected chi connectivity index (χ1v) is 3.70. The van der Waals surface area contributed by atoms with Crippen molar-refractivity contribution in [2.24, 2.45) is 5.92 Å². The van der Waals surface area contributed by atoms with Gasteiger partial charge in [-0.05, 0) is 12.8 Å². The fourth-order valence-electron chi connectivity index (χ4n) is 1.52. The molecule has 0 aromatic carbocycles. The van der Waals surface area contributed by atoms with Crippen LogP contribution in [0.2, 0.25) is 0 Å². The minimum Gasteiger partial charge on any atom is -0.355 e. The summed E-state index contributed by atoms with van der Waals surface area (Å²) in [6.07, 6.45) is 1.04. The van der Waals surface area contributed by atoms with Crippen molar-refractivity contribution in [2.45, 2.75) is 38.2 Å². The summed E-state index contributed by atoms with van der Waals surface area (Å²) in [5, 5.41) is 0. The third-order valence-electron chi connectivity index (χ3n) is 1.91. The quantitative estimate of drug-likeness (QED) is 0.609. The molecule has 0 bridgehead atoms. The summed E-state index contributed by atoms with van der Waals surface area (Å²) in [5.41, 5.74) is 3.76. The summed E-state index contributed by atoms with van der Waals surface area (Å²) in [7, 11) is 0. The van der Waals surface area contributed by atoms with E-state index >= 15 is 0 Å². The lowest BCUT2D eigenvalue weighted by atomic mass is 9.78. The van der Waals surface area contributed by atoms with E-state index in [0.717, 1.165) is 6.42 Å². The summed E-state index contributed by atoms with van der Waals surface area (Å²) in [6, 6.07) is 0.320. The SMILES string of the molecule is C[C@H]([NH3+])CC1CC(F)(F)C1. The Kier molecular flexibility index (Phi) is 1.95. The van der Waals surface area contributed by atoms with Crippen LogP contribution in [0.3, 0.4) is 0 Å². The molecule has 0 amide bonds. The maximum absolute atomic E-state index is 12.2. The van der Waals surface area contributed by atoms with Crippen LogP contribution < -0.4 is 5.73 Å². The van der Waals surface area contributed by atoms with Gasteiger partial charge in [0.1, 0.15) is 0 Å².